The van der Waals surface area contributed by atoms with Gasteiger partial charge < -0.3 is 14.8 Å². The van der Waals surface area contributed by atoms with E-state index in [-0.39, 0.29) is 18.2 Å². The number of aliphatic hydroxyl groups is 1. The number of nitrogens with one attached hydrogen (secondary N) is 1. The Morgan fingerprint density at radius 1 is 1.35 bits per heavy atom. The molecule has 0 aliphatic carbocycles. The fraction of sp³-hybridized carbons (Fsp3) is 0.267. The predicted molar refractivity (Wildman–Crippen MR) is 79.4 cm³/mol. The number of rotatable bonds is 5. The van der Waals surface area contributed by atoms with E-state index < -0.39 is 5.60 Å². The molecule has 106 valence electrons. The van der Waals surface area contributed by atoms with Gasteiger partial charge in [-0.25, -0.2) is 0 Å². The van der Waals surface area contributed by atoms with Crippen LogP contribution in [0.4, 0.5) is 0 Å². The van der Waals surface area contributed by atoms with Crippen molar-refractivity contribution in [2.24, 2.45) is 0 Å². The molecule has 0 saturated heterocycles. The molecule has 1 aromatic carbocycles. The highest BCUT2D eigenvalue weighted by atomic mass is 79.9. The monoisotopic (exact) mass is 337 g/mol. The lowest BCUT2D eigenvalue weighted by atomic mass is 9.91. The minimum absolute atomic E-state index is 0.130. The molecule has 1 unspecified atom stereocenters. The second-order valence-electron chi connectivity index (χ2n) is 4.55. The lowest BCUT2D eigenvalue weighted by Gasteiger charge is -2.27. The average molecular weight is 338 g/mol. The molecule has 1 heterocycles. The lowest BCUT2D eigenvalue weighted by Crippen LogP contribution is -2.40. The molecular weight excluding hydrogens is 322 g/mol. The van der Waals surface area contributed by atoms with Crippen molar-refractivity contribution in [1.82, 2.24) is 5.32 Å². The molecule has 0 fully saturated rings. The summed E-state index contributed by atoms with van der Waals surface area (Å²) in [7, 11) is 0. The Hall–Kier alpha value is -1.59. The van der Waals surface area contributed by atoms with Gasteiger partial charge in [0.15, 0.2) is 5.76 Å². The smallest absolute Gasteiger partial charge is 0.287 e. The Morgan fingerprint density at radius 2 is 2.05 bits per heavy atom. The number of carbonyl (C=O) groups is 1. The summed E-state index contributed by atoms with van der Waals surface area (Å²) in [6.07, 6.45) is 1.93. The third kappa shape index (κ3) is 3.29. The first-order valence-corrected chi connectivity index (χ1v) is 7.14. The van der Waals surface area contributed by atoms with Crippen LogP contribution in [0.1, 0.15) is 29.5 Å². The largest absolute Gasteiger partial charge is 0.459 e. The average Bonchev–Trinajstić information content (AvgIpc) is 2.99. The second-order valence-corrected chi connectivity index (χ2v) is 5.47. The number of furan rings is 1. The highest BCUT2D eigenvalue weighted by Crippen LogP contribution is 2.25. The van der Waals surface area contributed by atoms with Gasteiger partial charge in [0.2, 0.25) is 0 Å². The summed E-state index contributed by atoms with van der Waals surface area (Å²) >= 11 is 3.36. The highest BCUT2D eigenvalue weighted by Gasteiger charge is 2.28. The van der Waals surface area contributed by atoms with Crippen molar-refractivity contribution in [2.45, 2.75) is 18.9 Å². The Kier molecular flexibility index (Phi) is 4.62. The Morgan fingerprint density at radius 3 is 2.60 bits per heavy atom. The minimum atomic E-state index is -1.09. The molecule has 2 rings (SSSR count). The molecule has 0 radical (unpaired) electrons. The van der Waals surface area contributed by atoms with Gasteiger partial charge in [0.25, 0.3) is 5.91 Å². The molecule has 1 amide bonds. The Bertz CT molecular complexity index is 565. The van der Waals surface area contributed by atoms with Gasteiger partial charge in [-0.15, -0.1) is 0 Å². The maximum atomic E-state index is 11.8. The molecule has 4 nitrogen and oxygen atoms in total. The van der Waals surface area contributed by atoms with Crippen LogP contribution in [0.15, 0.2) is 51.6 Å². The van der Waals surface area contributed by atoms with Crippen LogP contribution >= 0.6 is 15.9 Å². The van der Waals surface area contributed by atoms with Crippen molar-refractivity contribution in [2.75, 3.05) is 6.54 Å². The molecule has 0 spiro atoms. The Balaban J connectivity index is 2.08. The van der Waals surface area contributed by atoms with Gasteiger partial charge in [-0.2, -0.15) is 0 Å². The van der Waals surface area contributed by atoms with E-state index >= 15 is 0 Å². The van der Waals surface area contributed by atoms with Crippen LogP contribution in [0.5, 0.6) is 0 Å². The van der Waals surface area contributed by atoms with Crippen molar-refractivity contribution in [3.8, 4) is 0 Å². The predicted octanol–water partition coefficient (Wildman–Crippen LogP) is 3.07. The summed E-state index contributed by atoms with van der Waals surface area (Å²) < 4.78 is 5.96. The van der Waals surface area contributed by atoms with Crippen LogP contribution < -0.4 is 5.32 Å². The summed E-state index contributed by atoms with van der Waals surface area (Å²) in [6, 6.07) is 10.6. The molecule has 0 aliphatic heterocycles. The van der Waals surface area contributed by atoms with E-state index in [1.54, 1.807) is 12.1 Å². The first-order chi connectivity index (χ1) is 9.55. The molecular formula is C15H16BrNO3. The van der Waals surface area contributed by atoms with E-state index in [1.807, 2.05) is 31.2 Å². The quantitative estimate of drug-likeness (QED) is 0.881. The van der Waals surface area contributed by atoms with Crippen molar-refractivity contribution in [3.63, 3.8) is 0 Å². The minimum Gasteiger partial charge on any atom is -0.459 e. The second kappa shape index (κ2) is 6.24. The van der Waals surface area contributed by atoms with Crippen LogP contribution in [0.2, 0.25) is 0 Å². The number of amides is 1. The van der Waals surface area contributed by atoms with Gasteiger partial charge >= 0.3 is 0 Å². The maximum absolute atomic E-state index is 11.8. The Labute approximate surface area is 125 Å². The first kappa shape index (κ1) is 14.8. The van der Waals surface area contributed by atoms with Crippen molar-refractivity contribution < 1.29 is 14.3 Å². The summed E-state index contributed by atoms with van der Waals surface area (Å²) in [6.45, 7) is 2.01. The fourth-order valence-corrected chi connectivity index (χ4v) is 2.18. The number of carbonyl (C=O) groups excluding carboxylic acids is 1. The van der Waals surface area contributed by atoms with E-state index in [0.29, 0.717) is 6.42 Å². The SMILES string of the molecule is CCC(O)(CNC(=O)c1ccco1)c1ccc(Br)cc1. The molecule has 2 aromatic rings. The van der Waals surface area contributed by atoms with E-state index in [1.165, 1.54) is 6.26 Å². The molecule has 0 bridgehead atoms. The summed E-state index contributed by atoms with van der Waals surface area (Å²) in [5.74, 6) is -0.0988. The van der Waals surface area contributed by atoms with E-state index in [9.17, 15) is 9.90 Å². The van der Waals surface area contributed by atoms with E-state index in [2.05, 4.69) is 21.2 Å². The van der Waals surface area contributed by atoms with Crippen LogP contribution in [0.3, 0.4) is 0 Å². The summed E-state index contributed by atoms with van der Waals surface area (Å²) in [4.78, 5) is 11.8. The standard InChI is InChI=1S/C15H16BrNO3/c1-2-15(19,11-5-7-12(16)8-6-11)10-17-14(18)13-4-3-9-20-13/h3-9,19H,2,10H2,1H3,(H,17,18). The molecule has 0 saturated carbocycles. The number of benzene rings is 1. The van der Waals surface area contributed by atoms with Gasteiger partial charge in [-0.3, -0.25) is 4.79 Å². The van der Waals surface area contributed by atoms with Gasteiger partial charge in [0, 0.05) is 4.47 Å². The third-order valence-electron chi connectivity index (χ3n) is 3.25. The zero-order valence-electron chi connectivity index (χ0n) is 11.1. The molecule has 1 aromatic heterocycles. The van der Waals surface area contributed by atoms with Crippen molar-refractivity contribution in [3.05, 3.63) is 58.5 Å². The van der Waals surface area contributed by atoms with E-state index in [4.69, 9.17) is 4.42 Å². The van der Waals surface area contributed by atoms with Gasteiger partial charge in [-0.05, 0) is 36.2 Å². The molecule has 0 aliphatic rings. The van der Waals surface area contributed by atoms with Crippen molar-refractivity contribution >= 4 is 21.8 Å². The van der Waals surface area contributed by atoms with Gasteiger partial charge in [-0.1, -0.05) is 35.0 Å². The number of halogens is 1. The highest BCUT2D eigenvalue weighted by molar-refractivity contribution is 9.10. The zero-order chi connectivity index (χ0) is 14.6. The zero-order valence-corrected chi connectivity index (χ0v) is 12.7. The molecule has 2 N–H and O–H groups in total. The first-order valence-electron chi connectivity index (χ1n) is 6.35. The van der Waals surface area contributed by atoms with Crippen LogP contribution in [-0.2, 0) is 5.60 Å². The molecule has 1 atom stereocenters. The topological polar surface area (TPSA) is 62.5 Å². The van der Waals surface area contributed by atoms with Crippen LogP contribution in [-0.4, -0.2) is 17.6 Å². The molecule has 5 heteroatoms. The normalized spacial score (nSPS) is 13.8. The maximum Gasteiger partial charge on any atom is 0.287 e. The lowest BCUT2D eigenvalue weighted by molar-refractivity contribution is 0.0310. The summed E-state index contributed by atoms with van der Waals surface area (Å²) in [5, 5.41) is 13.4. The summed E-state index contributed by atoms with van der Waals surface area (Å²) in [5.41, 5.74) is -0.328. The van der Waals surface area contributed by atoms with Crippen LogP contribution in [0.25, 0.3) is 0 Å². The molecule has 20 heavy (non-hydrogen) atoms. The van der Waals surface area contributed by atoms with Crippen LogP contribution in [0, 0.1) is 0 Å². The fourth-order valence-electron chi connectivity index (χ4n) is 1.91. The van der Waals surface area contributed by atoms with Gasteiger partial charge in [0.1, 0.15) is 5.60 Å². The van der Waals surface area contributed by atoms with E-state index in [0.717, 1.165) is 10.0 Å². The number of hydrogen-bond donors (Lipinski definition) is 2. The van der Waals surface area contributed by atoms with Gasteiger partial charge in [0.05, 0.1) is 12.8 Å². The van der Waals surface area contributed by atoms with Crippen molar-refractivity contribution in [1.29, 1.82) is 0 Å². The third-order valence-corrected chi connectivity index (χ3v) is 3.78. The number of hydrogen-bond acceptors (Lipinski definition) is 3.